The van der Waals surface area contributed by atoms with E-state index in [0.29, 0.717) is 13.2 Å². The second kappa shape index (κ2) is 8.27. The molecule has 0 saturated heterocycles. The summed E-state index contributed by atoms with van der Waals surface area (Å²) in [4.78, 5) is 1.24. The predicted molar refractivity (Wildman–Crippen MR) is 83.7 cm³/mol. The summed E-state index contributed by atoms with van der Waals surface area (Å²) in [6.07, 6.45) is 0. The monoisotopic (exact) mass is 311 g/mol. The maximum absolute atomic E-state index is 5.87. The number of nitrogens with one attached hydrogen (secondary N) is 1. The molecule has 0 spiro atoms. The summed E-state index contributed by atoms with van der Waals surface area (Å²) in [5, 5.41) is 3.33. The van der Waals surface area contributed by atoms with Crippen LogP contribution in [0.4, 0.5) is 0 Å². The molecular formula is C15H18ClNO2S. The Morgan fingerprint density at radius 2 is 2.15 bits per heavy atom. The van der Waals surface area contributed by atoms with E-state index in [9.17, 15) is 0 Å². The van der Waals surface area contributed by atoms with Crippen molar-refractivity contribution in [1.29, 1.82) is 0 Å². The van der Waals surface area contributed by atoms with E-state index in [1.807, 2.05) is 36.4 Å². The molecule has 5 heteroatoms. The lowest BCUT2D eigenvalue weighted by molar-refractivity contribution is 0.122. The topological polar surface area (TPSA) is 30.5 Å². The summed E-state index contributed by atoms with van der Waals surface area (Å²) in [7, 11) is 1.67. The number of benzene rings is 1. The van der Waals surface area contributed by atoms with Gasteiger partial charge in [-0.05, 0) is 29.8 Å². The molecule has 0 saturated carbocycles. The molecule has 0 radical (unpaired) electrons. The van der Waals surface area contributed by atoms with Gasteiger partial charge in [-0.1, -0.05) is 23.7 Å². The standard InChI is InChI=1S/C15H18ClNO2S/c1-18-13-4-2-3-12(9-13)11-19-8-7-17-10-14-5-6-15(16)20-14/h2-6,9,17H,7-8,10-11H2,1H3. The third kappa shape index (κ3) is 5.13. The van der Waals surface area contributed by atoms with Crippen LogP contribution in [-0.2, 0) is 17.9 Å². The van der Waals surface area contributed by atoms with Crippen molar-refractivity contribution in [2.75, 3.05) is 20.3 Å². The average Bonchev–Trinajstić information content (AvgIpc) is 2.88. The maximum Gasteiger partial charge on any atom is 0.119 e. The van der Waals surface area contributed by atoms with Crippen molar-refractivity contribution in [3.8, 4) is 5.75 Å². The van der Waals surface area contributed by atoms with Gasteiger partial charge in [-0.2, -0.15) is 0 Å². The molecule has 20 heavy (non-hydrogen) atoms. The van der Waals surface area contributed by atoms with Gasteiger partial charge in [-0.3, -0.25) is 0 Å². The summed E-state index contributed by atoms with van der Waals surface area (Å²) in [6.45, 7) is 2.93. The average molecular weight is 312 g/mol. The predicted octanol–water partition coefficient (Wildman–Crippen LogP) is 3.72. The summed E-state index contributed by atoms with van der Waals surface area (Å²) in [6, 6.07) is 11.9. The highest BCUT2D eigenvalue weighted by atomic mass is 35.5. The molecule has 0 fully saturated rings. The first-order valence-corrected chi connectivity index (χ1v) is 7.63. The Balaban J connectivity index is 1.59. The number of halogens is 1. The quantitative estimate of drug-likeness (QED) is 0.754. The van der Waals surface area contributed by atoms with Crippen LogP contribution in [0.15, 0.2) is 36.4 Å². The van der Waals surface area contributed by atoms with E-state index in [-0.39, 0.29) is 0 Å². The Morgan fingerprint density at radius 1 is 1.25 bits per heavy atom. The molecule has 3 nitrogen and oxygen atoms in total. The molecule has 0 aliphatic rings. The van der Waals surface area contributed by atoms with Gasteiger partial charge in [-0.15, -0.1) is 11.3 Å². The first-order chi connectivity index (χ1) is 9.78. The molecule has 0 atom stereocenters. The van der Waals surface area contributed by atoms with E-state index >= 15 is 0 Å². The number of hydrogen-bond donors (Lipinski definition) is 1. The first kappa shape index (κ1) is 15.3. The van der Waals surface area contributed by atoms with Crippen molar-refractivity contribution in [3.05, 3.63) is 51.2 Å². The summed E-state index contributed by atoms with van der Waals surface area (Å²) >= 11 is 7.47. The molecule has 1 N–H and O–H groups in total. The van der Waals surface area contributed by atoms with E-state index in [2.05, 4.69) is 5.32 Å². The lowest BCUT2D eigenvalue weighted by atomic mass is 10.2. The second-order valence-electron chi connectivity index (χ2n) is 4.29. The van der Waals surface area contributed by atoms with Gasteiger partial charge in [0.15, 0.2) is 0 Å². The number of methoxy groups -OCH3 is 1. The van der Waals surface area contributed by atoms with Gasteiger partial charge in [0.05, 0.1) is 24.7 Å². The SMILES string of the molecule is COc1cccc(COCCNCc2ccc(Cl)s2)c1. The van der Waals surface area contributed by atoms with E-state index in [4.69, 9.17) is 21.1 Å². The van der Waals surface area contributed by atoms with E-state index < -0.39 is 0 Å². The van der Waals surface area contributed by atoms with Gasteiger partial charge >= 0.3 is 0 Å². The highest BCUT2D eigenvalue weighted by Crippen LogP contribution is 2.20. The molecule has 108 valence electrons. The van der Waals surface area contributed by atoms with Gasteiger partial charge < -0.3 is 14.8 Å². The first-order valence-electron chi connectivity index (χ1n) is 6.43. The fraction of sp³-hybridized carbons (Fsp3) is 0.333. The maximum atomic E-state index is 5.87. The van der Waals surface area contributed by atoms with Crippen molar-refractivity contribution in [1.82, 2.24) is 5.32 Å². The highest BCUT2D eigenvalue weighted by molar-refractivity contribution is 7.16. The van der Waals surface area contributed by atoms with Crippen LogP contribution >= 0.6 is 22.9 Å². The van der Waals surface area contributed by atoms with Crippen LogP contribution < -0.4 is 10.1 Å². The molecule has 1 aromatic heterocycles. The zero-order valence-corrected chi connectivity index (χ0v) is 13.0. The fourth-order valence-corrected chi connectivity index (χ4v) is 2.81. The molecule has 0 aliphatic heterocycles. The van der Waals surface area contributed by atoms with E-state index in [1.54, 1.807) is 18.4 Å². The molecule has 0 unspecified atom stereocenters. The lowest BCUT2D eigenvalue weighted by Gasteiger charge is -2.07. The zero-order valence-electron chi connectivity index (χ0n) is 11.4. The van der Waals surface area contributed by atoms with Crippen molar-refractivity contribution in [3.63, 3.8) is 0 Å². The van der Waals surface area contributed by atoms with Gasteiger partial charge in [0.2, 0.25) is 0 Å². The van der Waals surface area contributed by atoms with Crippen LogP contribution in [0, 0.1) is 0 Å². The summed E-state index contributed by atoms with van der Waals surface area (Å²) < 4.78 is 11.6. The third-order valence-corrected chi connectivity index (χ3v) is 3.99. The molecule has 0 bridgehead atoms. The summed E-state index contributed by atoms with van der Waals surface area (Å²) in [5.74, 6) is 0.860. The van der Waals surface area contributed by atoms with E-state index in [0.717, 1.165) is 28.7 Å². The lowest BCUT2D eigenvalue weighted by Crippen LogP contribution is -2.18. The van der Waals surface area contributed by atoms with Crippen molar-refractivity contribution < 1.29 is 9.47 Å². The minimum Gasteiger partial charge on any atom is -0.497 e. The normalized spacial score (nSPS) is 10.7. The van der Waals surface area contributed by atoms with Crippen molar-refractivity contribution >= 4 is 22.9 Å². The fourth-order valence-electron chi connectivity index (χ4n) is 1.75. The van der Waals surface area contributed by atoms with Gasteiger partial charge in [0, 0.05) is 18.0 Å². The van der Waals surface area contributed by atoms with Crippen molar-refractivity contribution in [2.24, 2.45) is 0 Å². The number of thiophene rings is 1. The highest BCUT2D eigenvalue weighted by Gasteiger charge is 1.98. The smallest absolute Gasteiger partial charge is 0.119 e. The largest absolute Gasteiger partial charge is 0.497 e. The molecule has 2 rings (SSSR count). The zero-order chi connectivity index (χ0) is 14.2. The van der Waals surface area contributed by atoms with Gasteiger partial charge in [0.25, 0.3) is 0 Å². The minimum absolute atomic E-state index is 0.601. The Labute approximate surface area is 128 Å². The Hall–Kier alpha value is -1.07. The van der Waals surface area contributed by atoms with Crippen LogP contribution in [0.3, 0.4) is 0 Å². The van der Waals surface area contributed by atoms with Crippen LogP contribution in [0.25, 0.3) is 0 Å². The van der Waals surface area contributed by atoms with E-state index in [1.165, 1.54) is 4.88 Å². The van der Waals surface area contributed by atoms with Crippen LogP contribution in [-0.4, -0.2) is 20.3 Å². The van der Waals surface area contributed by atoms with Crippen LogP contribution in [0.5, 0.6) is 5.75 Å². The Morgan fingerprint density at radius 3 is 2.90 bits per heavy atom. The second-order valence-corrected chi connectivity index (χ2v) is 6.09. The van der Waals surface area contributed by atoms with Crippen molar-refractivity contribution in [2.45, 2.75) is 13.2 Å². The minimum atomic E-state index is 0.601. The molecule has 2 aromatic rings. The number of hydrogen-bond acceptors (Lipinski definition) is 4. The Kier molecular flexibility index (Phi) is 6.33. The summed E-state index contributed by atoms with van der Waals surface area (Å²) in [5.41, 5.74) is 1.12. The number of rotatable bonds is 8. The molecule has 1 aromatic carbocycles. The van der Waals surface area contributed by atoms with Gasteiger partial charge in [0.1, 0.15) is 5.75 Å². The molecule has 0 amide bonds. The van der Waals surface area contributed by atoms with Crippen LogP contribution in [0.1, 0.15) is 10.4 Å². The molecule has 0 aliphatic carbocycles. The third-order valence-electron chi connectivity index (χ3n) is 2.75. The molecular weight excluding hydrogens is 294 g/mol. The van der Waals surface area contributed by atoms with Crippen LogP contribution in [0.2, 0.25) is 4.34 Å². The molecule has 1 heterocycles. The number of ether oxygens (including phenoxy) is 2. The van der Waals surface area contributed by atoms with Gasteiger partial charge in [-0.25, -0.2) is 0 Å². The Bertz CT molecular complexity index is 530.